The Morgan fingerprint density at radius 3 is 2.73 bits per heavy atom. The molecule has 1 fully saturated rings. The van der Waals surface area contributed by atoms with Crippen molar-refractivity contribution in [2.45, 2.75) is 24.7 Å². The van der Waals surface area contributed by atoms with Crippen LogP contribution in [-0.4, -0.2) is 65.2 Å². The van der Waals surface area contributed by atoms with Gasteiger partial charge in [0.15, 0.2) is 0 Å². The molecule has 0 aliphatic carbocycles. The average Bonchev–Trinajstić information content (AvgIpc) is 3.31. The van der Waals surface area contributed by atoms with Crippen molar-refractivity contribution in [2.75, 3.05) is 27.7 Å². The number of imide groups is 1. The molecule has 0 saturated carbocycles. The van der Waals surface area contributed by atoms with Crippen molar-refractivity contribution < 1.29 is 19.1 Å². The Kier molecular flexibility index (Phi) is 6.12. The fourth-order valence-corrected chi connectivity index (χ4v) is 4.49. The van der Waals surface area contributed by atoms with E-state index in [2.05, 4.69) is 9.97 Å². The van der Waals surface area contributed by atoms with Crippen LogP contribution in [0.2, 0.25) is 5.02 Å². The maximum Gasteiger partial charge on any atom is 0.240 e. The summed E-state index contributed by atoms with van der Waals surface area (Å²) in [6, 6.07) is 12.5. The van der Waals surface area contributed by atoms with Gasteiger partial charge in [0.25, 0.3) is 0 Å². The summed E-state index contributed by atoms with van der Waals surface area (Å²) < 4.78 is 5.46. The highest BCUT2D eigenvalue weighted by molar-refractivity contribution is 6.31. The molecular weight excluding hydrogens is 444 g/mol. The molecule has 0 radical (unpaired) electrons. The van der Waals surface area contributed by atoms with E-state index in [0.29, 0.717) is 29.3 Å². The fraction of sp³-hybridized carbons (Fsp3) is 0.333. The number of carbonyl (C=O) groups is 3. The standard InChI is InChI=1S/C24H25ClN4O4/c1-28(11-10-20-26-17-9-8-15(25)12-18(17)27-20)21(30)13-24(14-22(31)29(2)23(24)32)16-6-4-5-7-19(16)33-3/h4-9,12H,10-11,13-14H2,1-3H3,(H,26,27)/t24-/m0/s1. The molecule has 1 atom stereocenters. The molecule has 0 bridgehead atoms. The molecule has 2 aromatic carbocycles. The number of amides is 3. The maximum absolute atomic E-state index is 13.2. The maximum atomic E-state index is 13.2. The van der Waals surface area contributed by atoms with E-state index >= 15 is 0 Å². The fourth-order valence-electron chi connectivity index (χ4n) is 4.31. The summed E-state index contributed by atoms with van der Waals surface area (Å²) in [6.45, 7) is 0.395. The van der Waals surface area contributed by atoms with Crippen LogP contribution in [0.4, 0.5) is 0 Å². The van der Waals surface area contributed by atoms with Gasteiger partial charge in [-0.05, 0) is 24.3 Å². The van der Waals surface area contributed by atoms with Crippen LogP contribution in [0.15, 0.2) is 42.5 Å². The normalized spacial score (nSPS) is 18.2. The summed E-state index contributed by atoms with van der Waals surface area (Å²) >= 11 is 6.03. The lowest BCUT2D eigenvalue weighted by Crippen LogP contribution is -2.42. The van der Waals surface area contributed by atoms with Gasteiger partial charge < -0.3 is 14.6 Å². The molecule has 1 N–H and O–H groups in total. The summed E-state index contributed by atoms with van der Waals surface area (Å²) in [5.74, 6) is 0.260. The van der Waals surface area contributed by atoms with E-state index in [-0.39, 0.29) is 24.7 Å². The highest BCUT2D eigenvalue weighted by atomic mass is 35.5. The minimum absolute atomic E-state index is 0.0768. The van der Waals surface area contributed by atoms with Crippen molar-refractivity contribution in [3.8, 4) is 5.75 Å². The number of aromatic amines is 1. The number of benzene rings is 2. The zero-order valence-corrected chi connectivity index (χ0v) is 19.5. The molecule has 4 rings (SSSR count). The second-order valence-corrected chi connectivity index (χ2v) is 8.74. The number of fused-ring (bicyclic) bond motifs is 1. The third kappa shape index (κ3) is 4.18. The van der Waals surface area contributed by atoms with E-state index < -0.39 is 11.3 Å². The number of carbonyl (C=O) groups excluding carboxylic acids is 3. The van der Waals surface area contributed by atoms with Crippen molar-refractivity contribution in [1.29, 1.82) is 0 Å². The zero-order chi connectivity index (χ0) is 23.8. The molecule has 2 heterocycles. The number of imidazole rings is 1. The highest BCUT2D eigenvalue weighted by Crippen LogP contribution is 2.43. The minimum Gasteiger partial charge on any atom is -0.496 e. The first-order chi connectivity index (χ1) is 15.7. The van der Waals surface area contributed by atoms with Crippen LogP contribution in [-0.2, 0) is 26.2 Å². The lowest BCUT2D eigenvalue weighted by molar-refractivity contribution is -0.141. The van der Waals surface area contributed by atoms with Gasteiger partial charge in [-0.25, -0.2) is 4.98 Å². The number of para-hydroxylation sites is 1. The molecule has 1 saturated heterocycles. The SMILES string of the molecule is COc1ccccc1[C@]1(CC(=O)N(C)CCc2nc3ccc(Cl)cc3[nH]2)CC(=O)N(C)C1=O. The first-order valence-electron chi connectivity index (χ1n) is 10.6. The van der Waals surface area contributed by atoms with E-state index in [9.17, 15) is 14.4 Å². The van der Waals surface area contributed by atoms with Gasteiger partial charge in [0, 0.05) is 50.5 Å². The Morgan fingerprint density at radius 1 is 1.27 bits per heavy atom. The van der Waals surface area contributed by atoms with Crippen molar-refractivity contribution in [2.24, 2.45) is 0 Å². The number of ether oxygens (including phenoxy) is 1. The van der Waals surface area contributed by atoms with Gasteiger partial charge >= 0.3 is 0 Å². The molecule has 9 heteroatoms. The lowest BCUT2D eigenvalue weighted by atomic mass is 9.75. The highest BCUT2D eigenvalue weighted by Gasteiger charge is 2.54. The summed E-state index contributed by atoms with van der Waals surface area (Å²) in [4.78, 5) is 49.3. The first-order valence-corrected chi connectivity index (χ1v) is 11.0. The summed E-state index contributed by atoms with van der Waals surface area (Å²) in [5, 5.41) is 0.618. The Labute approximate surface area is 196 Å². The second kappa shape index (κ2) is 8.86. The quantitative estimate of drug-likeness (QED) is 0.538. The Morgan fingerprint density at radius 2 is 2.03 bits per heavy atom. The second-order valence-electron chi connectivity index (χ2n) is 8.30. The molecule has 3 amide bonds. The molecule has 3 aromatic rings. The van der Waals surface area contributed by atoms with Gasteiger partial charge in [-0.15, -0.1) is 0 Å². The molecule has 8 nitrogen and oxygen atoms in total. The Bertz CT molecular complexity index is 1240. The molecule has 1 aliphatic rings. The molecule has 0 unspecified atom stereocenters. The number of nitrogens with zero attached hydrogens (tertiary/aromatic N) is 3. The molecule has 172 valence electrons. The number of hydrogen-bond donors (Lipinski definition) is 1. The number of rotatable bonds is 7. The number of H-pyrrole nitrogens is 1. The number of likely N-dealkylation sites (N-methyl/N-ethyl adjacent to an activating group) is 2. The van der Waals surface area contributed by atoms with Gasteiger partial charge in [0.05, 0.1) is 23.6 Å². The molecule has 1 aliphatic heterocycles. The minimum atomic E-state index is -1.29. The third-order valence-electron chi connectivity index (χ3n) is 6.22. The number of aromatic nitrogens is 2. The van der Waals surface area contributed by atoms with Crippen LogP contribution in [0.1, 0.15) is 24.2 Å². The molecule has 33 heavy (non-hydrogen) atoms. The topological polar surface area (TPSA) is 95.6 Å². The van der Waals surface area contributed by atoms with Gasteiger partial charge in [0.1, 0.15) is 11.6 Å². The van der Waals surface area contributed by atoms with Gasteiger partial charge in [-0.2, -0.15) is 0 Å². The van der Waals surface area contributed by atoms with Crippen LogP contribution in [0.5, 0.6) is 5.75 Å². The number of nitrogens with one attached hydrogen (secondary N) is 1. The number of methoxy groups -OCH3 is 1. The monoisotopic (exact) mass is 468 g/mol. The predicted octanol–water partition coefficient (Wildman–Crippen LogP) is 2.94. The first kappa shape index (κ1) is 22.8. The predicted molar refractivity (Wildman–Crippen MR) is 124 cm³/mol. The third-order valence-corrected chi connectivity index (χ3v) is 6.45. The van der Waals surface area contributed by atoms with E-state index in [1.807, 2.05) is 6.07 Å². The number of hydrogen-bond acceptors (Lipinski definition) is 5. The number of likely N-dealkylation sites (tertiary alicyclic amines) is 1. The smallest absolute Gasteiger partial charge is 0.240 e. The van der Waals surface area contributed by atoms with Crippen molar-refractivity contribution in [3.05, 3.63) is 58.9 Å². The van der Waals surface area contributed by atoms with E-state index in [0.717, 1.165) is 21.8 Å². The van der Waals surface area contributed by atoms with Gasteiger partial charge in [-0.1, -0.05) is 29.8 Å². The van der Waals surface area contributed by atoms with Crippen LogP contribution in [0, 0.1) is 0 Å². The summed E-state index contributed by atoms with van der Waals surface area (Å²) in [7, 11) is 4.64. The molecule has 1 aromatic heterocycles. The van der Waals surface area contributed by atoms with Crippen molar-refractivity contribution in [3.63, 3.8) is 0 Å². The van der Waals surface area contributed by atoms with Crippen molar-refractivity contribution in [1.82, 2.24) is 19.8 Å². The average molecular weight is 469 g/mol. The number of halogens is 1. The van der Waals surface area contributed by atoms with Gasteiger partial charge in [-0.3, -0.25) is 19.3 Å². The Hall–Kier alpha value is -3.39. The van der Waals surface area contributed by atoms with E-state index in [4.69, 9.17) is 16.3 Å². The van der Waals surface area contributed by atoms with Crippen molar-refractivity contribution >= 4 is 40.4 Å². The van der Waals surface area contributed by atoms with E-state index in [1.165, 1.54) is 14.2 Å². The van der Waals surface area contributed by atoms with Gasteiger partial charge in [0.2, 0.25) is 17.7 Å². The Balaban J connectivity index is 1.54. The molecular formula is C24H25ClN4O4. The summed E-state index contributed by atoms with van der Waals surface area (Å²) in [5.41, 5.74) is 0.891. The van der Waals surface area contributed by atoms with Crippen LogP contribution in [0.25, 0.3) is 11.0 Å². The van der Waals surface area contributed by atoms with E-state index in [1.54, 1.807) is 48.3 Å². The van der Waals surface area contributed by atoms with Crippen LogP contribution >= 0.6 is 11.6 Å². The van der Waals surface area contributed by atoms with Crippen LogP contribution in [0.3, 0.4) is 0 Å². The molecule has 0 spiro atoms. The van der Waals surface area contributed by atoms with Crippen LogP contribution < -0.4 is 4.74 Å². The summed E-state index contributed by atoms with van der Waals surface area (Å²) in [6.07, 6.45) is 0.296. The lowest BCUT2D eigenvalue weighted by Gasteiger charge is -2.29. The largest absolute Gasteiger partial charge is 0.496 e. The zero-order valence-electron chi connectivity index (χ0n) is 18.7.